The number of hydrogen-bond acceptors (Lipinski definition) is 2. The summed E-state index contributed by atoms with van der Waals surface area (Å²) in [6, 6.07) is 8.11. The van der Waals surface area contributed by atoms with E-state index in [1.807, 2.05) is 24.3 Å². The van der Waals surface area contributed by atoms with Crippen molar-refractivity contribution in [2.45, 2.75) is 18.6 Å². The fourth-order valence-corrected chi connectivity index (χ4v) is 2.27. The van der Waals surface area contributed by atoms with E-state index in [0.717, 1.165) is 23.0 Å². The first-order chi connectivity index (χ1) is 6.29. The molecule has 1 aromatic rings. The molecule has 2 atom stereocenters. The molecule has 2 rings (SSSR count). The van der Waals surface area contributed by atoms with Gasteiger partial charge in [-0.15, -0.1) is 0 Å². The van der Waals surface area contributed by atoms with Gasteiger partial charge in [-0.2, -0.15) is 0 Å². The maximum Gasteiger partial charge on any atom is 0.0747 e. The first-order valence-corrected chi connectivity index (χ1v) is 5.24. The molecule has 13 heavy (non-hydrogen) atoms. The van der Waals surface area contributed by atoms with Crippen molar-refractivity contribution in [2.24, 2.45) is 0 Å². The summed E-state index contributed by atoms with van der Waals surface area (Å²) in [6.07, 6.45) is 0.588. The van der Waals surface area contributed by atoms with Gasteiger partial charge in [-0.1, -0.05) is 34.1 Å². The van der Waals surface area contributed by atoms with E-state index in [9.17, 15) is 5.11 Å². The topological polar surface area (TPSA) is 32.3 Å². The molecule has 0 bridgehead atoms. The lowest BCUT2D eigenvalue weighted by atomic mass is 10.0. The number of aliphatic hydroxyl groups excluding tert-OH is 1. The summed E-state index contributed by atoms with van der Waals surface area (Å²) in [5.74, 6) is 0. The van der Waals surface area contributed by atoms with Gasteiger partial charge in [-0.25, -0.2) is 0 Å². The number of benzene rings is 1. The third-order valence-electron chi connectivity index (χ3n) is 2.43. The van der Waals surface area contributed by atoms with Crippen LogP contribution >= 0.6 is 15.9 Å². The van der Waals surface area contributed by atoms with Gasteiger partial charge in [0, 0.05) is 4.47 Å². The zero-order valence-electron chi connectivity index (χ0n) is 7.20. The largest absolute Gasteiger partial charge is 0.391 e. The van der Waals surface area contributed by atoms with E-state index in [2.05, 4.69) is 21.2 Å². The summed E-state index contributed by atoms with van der Waals surface area (Å²) in [6.45, 7) is 0.896. The summed E-state index contributed by atoms with van der Waals surface area (Å²) in [7, 11) is 0. The lowest BCUT2D eigenvalue weighted by molar-refractivity contribution is 0.160. The molecule has 1 fully saturated rings. The quantitative estimate of drug-likeness (QED) is 0.787. The Morgan fingerprint density at radius 1 is 1.38 bits per heavy atom. The fraction of sp³-hybridized carbons (Fsp3) is 0.400. The normalized spacial score (nSPS) is 27.8. The van der Waals surface area contributed by atoms with Gasteiger partial charge in [-0.05, 0) is 24.6 Å². The molecule has 1 heterocycles. The van der Waals surface area contributed by atoms with Gasteiger partial charge in [0.05, 0.1) is 12.1 Å². The lowest BCUT2D eigenvalue weighted by Gasteiger charge is -2.16. The molecule has 0 amide bonds. The summed E-state index contributed by atoms with van der Waals surface area (Å²) in [5.41, 5.74) is 1.15. The van der Waals surface area contributed by atoms with Crippen LogP contribution in [-0.4, -0.2) is 17.8 Å². The molecule has 2 N–H and O–H groups in total. The number of rotatable bonds is 1. The highest BCUT2D eigenvalue weighted by atomic mass is 79.9. The maximum atomic E-state index is 9.68. The van der Waals surface area contributed by atoms with Crippen molar-refractivity contribution in [3.63, 3.8) is 0 Å². The second kappa shape index (κ2) is 3.78. The summed E-state index contributed by atoms with van der Waals surface area (Å²) >= 11 is 3.48. The van der Waals surface area contributed by atoms with Crippen LogP contribution in [0.5, 0.6) is 0 Å². The smallest absolute Gasteiger partial charge is 0.0747 e. The predicted molar refractivity (Wildman–Crippen MR) is 55.5 cm³/mol. The van der Waals surface area contributed by atoms with Gasteiger partial charge in [0.1, 0.15) is 0 Å². The molecule has 0 unspecified atom stereocenters. The van der Waals surface area contributed by atoms with Crippen LogP contribution in [0.1, 0.15) is 18.0 Å². The van der Waals surface area contributed by atoms with Crippen molar-refractivity contribution in [1.82, 2.24) is 5.32 Å². The van der Waals surface area contributed by atoms with Crippen molar-refractivity contribution in [2.75, 3.05) is 6.54 Å². The standard InChI is InChI=1S/C10H12BrNO/c11-8-4-2-1-3-7(8)10-9(13)5-6-12-10/h1-4,9-10,12-13H,5-6H2/t9-,10-/m0/s1. The maximum absolute atomic E-state index is 9.68. The second-order valence-electron chi connectivity index (χ2n) is 3.31. The molecule has 0 radical (unpaired) electrons. The molecule has 1 saturated heterocycles. The summed E-state index contributed by atoms with van der Waals surface area (Å²) in [5, 5.41) is 13.0. The Bertz CT molecular complexity index is 303. The van der Waals surface area contributed by atoms with Crippen molar-refractivity contribution < 1.29 is 5.11 Å². The van der Waals surface area contributed by atoms with Crippen molar-refractivity contribution >= 4 is 15.9 Å². The molecule has 1 aliphatic rings. The molecule has 1 aromatic carbocycles. The molecule has 0 aliphatic carbocycles. The monoisotopic (exact) mass is 241 g/mol. The SMILES string of the molecule is O[C@H]1CCN[C@H]1c1ccccc1Br. The first kappa shape index (κ1) is 9.19. The van der Waals surface area contributed by atoms with Crippen LogP contribution in [-0.2, 0) is 0 Å². The van der Waals surface area contributed by atoms with Gasteiger partial charge in [-0.3, -0.25) is 0 Å². The van der Waals surface area contributed by atoms with E-state index in [1.165, 1.54) is 0 Å². The van der Waals surface area contributed by atoms with Crippen LogP contribution in [0.4, 0.5) is 0 Å². The van der Waals surface area contributed by atoms with E-state index in [1.54, 1.807) is 0 Å². The Kier molecular flexibility index (Phi) is 2.67. The van der Waals surface area contributed by atoms with Crippen molar-refractivity contribution in [3.8, 4) is 0 Å². The molecule has 0 saturated carbocycles. The van der Waals surface area contributed by atoms with Crippen LogP contribution in [0.15, 0.2) is 28.7 Å². The third kappa shape index (κ3) is 1.77. The van der Waals surface area contributed by atoms with Gasteiger partial charge >= 0.3 is 0 Å². The average molecular weight is 242 g/mol. The second-order valence-corrected chi connectivity index (χ2v) is 4.16. The van der Waals surface area contributed by atoms with Gasteiger partial charge < -0.3 is 10.4 Å². The van der Waals surface area contributed by atoms with Crippen LogP contribution in [0, 0.1) is 0 Å². The number of hydrogen-bond donors (Lipinski definition) is 2. The Hall–Kier alpha value is -0.380. The first-order valence-electron chi connectivity index (χ1n) is 4.45. The minimum atomic E-state index is -0.251. The Morgan fingerprint density at radius 3 is 2.77 bits per heavy atom. The highest BCUT2D eigenvalue weighted by Gasteiger charge is 2.27. The van der Waals surface area contributed by atoms with Crippen LogP contribution in [0.2, 0.25) is 0 Å². The Morgan fingerprint density at radius 2 is 2.15 bits per heavy atom. The fourth-order valence-electron chi connectivity index (χ4n) is 1.73. The van der Waals surface area contributed by atoms with Gasteiger partial charge in [0.15, 0.2) is 0 Å². The zero-order chi connectivity index (χ0) is 9.26. The molecule has 3 heteroatoms. The predicted octanol–water partition coefficient (Wildman–Crippen LogP) is 1.84. The summed E-state index contributed by atoms with van der Waals surface area (Å²) in [4.78, 5) is 0. The van der Waals surface area contributed by atoms with Crippen LogP contribution in [0.25, 0.3) is 0 Å². The molecule has 70 valence electrons. The lowest BCUT2D eigenvalue weighted by Crippen LogP contribution is -2.21. The molecule has 2 nitrogen and oxygen atoms in total. The van der Waals surface area contributed by atoms with E-state index in [4.69, 9.17) is 0 Å². The minimum absolute atomic E-state index is 0.0931. The minimum Gasteiger partial charge on any atom is -0.391 e. The van der Waals surface area contributed by atoms with E-state index in [-0.39, 0.29) is 12.1 Å². The van der Waals surface area contributed by atoms with Crippen LogP contribution < -0.4 is 5.32 Å². The molecular formula is C10H12BrNO. The van der Waals surface area contributed by atoms with Crippen LogP contribution in [0.3, 0.4) is 0 Å². The number of aliphatic hydroxyl groups is 1. The molecule has 1 aliphatic heterocycles. The number of halogens is 1. The number of nitrogens with one attached hydrogen (secondary N) is 1. The highest BCUT2D eigenvalue weighted by molar-refractivity contribution is 9.10. The van der Waals surface area contributed by atoms with E-state index < -0.39 is 0 Å². The van der Waals surface area contributed by atoms with Gasteiger partial charge in [0.25, 0.3) is 0 Å². The van der Waals surface area contributed by atoms with E-state index in [0.29, 0.717) is 0 Å². The third-order valence-corrected chi connectivity index (χ3v) is 3.15. The van der Waals surface area contributed by atoms with E-state index >= 15 is 0 Å². The average Bonchev–Trinajstić information content (AvgIpc) is 2.52. The molecule has 0 aromatic heterocycles. The molecular weight excluding hydrogens is 230 g/mol. The van der Waals surface area contributed by atoms with Crippen molar-refractivity contribution in [1.29, 1.82) is 0 Å². The zero-order valence-corrected chi connectivity index (χ0v) is 8.79. The van der Waals surface area contributed by atoms with Crippen molar-refractivity contribution in [3.05, 3.63) is 34.3 Å². The Balaban J connectivity index is 2.29. The van der Waals surface area contributed by atoms with Gasteiger partial charge in [0.2, 0.25) is 0 Å². The highest BCUT2D eigenvalue weighted by Crippen LogP contribution is 2.29. The Labute approximate surface area is 86.1 Å². The summed E-state index contributed by atoms with van der Waals surface area (Å²) < 4.78 is 1.06. The molecule has 0 spiro atoms.